The summed E-state index contributed by atoms with van der Waals surface area (Å²) in [7, 11) is 0. The van der Waals surface area contributed by atoms with Crippen molar-refractivity contribution in [3.8, 4) is 11.4 Å². The van der Waals surface area contributed by atoms with E-state index in [4.69, 9.17) is 33.2 Å². The van der Waals surface area contributed by atoms with Crippen LogP contribution in [0.3, 0.4) is 0 Å². The lowest BCUT2D eigenvalue weighted by Gasteiger charge is -2.25. The highest BCUT2D eigenvalue weighted by Gasteiger charge is 2.28. The molecule has 4 aromatic rings. The first-order chi connectivity index (χ1) is 14.1. The maximum Gasteiger partial charge on any atom is 0.0926 e. The molecule has 2 nitrogen and oxygen atoms in total. The molecule has 1 aliphatic carbocycles. The molecule has 5 rings (SSSR count). The quantitative estimate of drug-likeness (QED) is 0.334. The van der Waals surface area contributed by atoms with Gasteiger partial charge in [0.2, 0.25) is 0 Å². The highest BCUT2D eigenvalue weighted by atomic mass is 35.5. The molecule has 2 heterocycles. The van der Waals surface area contributed by atoms with Gasteiger partial charge in [0.1, 0.15) is 0 Å². The molecule has 142 valence electrons. The number of alkyl halides is 1. The van der Waals surface area contributed by atoms with E-state index in [2.05, 4.69) is 24.3 Å². The van der Waals surface area contributed by atoms with Gasteiger partial charge in [-0.1, -0.05) is 66.2 Å². The third kappa shape index (κ3) is 3.66. The Morgan fingerprint density at radius 3 is 2.34 bits per heavy atom. The van der Waals surface area contributed by atoms with Gasteiger partial charge in [-0.3, -0.25) is 0 Å². The lowest BCUT2D eigenvalue weighted by atomic mass is 9.90. The topological polar surface area (TPSA) is 25.8 Å². The molecule has 4 heteroatoms. The Balaban J connectivity index is 1.66. The fourth-order valence-corrected chi connectivity index (χ4v) is 4.22. The fourth-order valence-electron chi connectivity index (χ4n) is 3.79. The molecule has 0 saturated carbocycles. The molecule has 0 N–H and O–H groups in total. The van der Waals surface area contributed by atoms with Gasteiger partial charge in [-0.25, -0.2) is 9.97 Å². The highest BCUT2D eigenvalue weighted by Crippen LogP contribution is 2.36. The van der Waals surface area contributed by atoms with Crippen LogP contribution in [0.5, 0.6) is 0 Å². The molecule has 1 atom stereocenters. The van der Waals surface area contributed by atoms with Crippen molar-refractivity contribution in [2.45, 2.75) is 17.7 Å². The lowest BCUT2D eigenvalue weighted by molar-refractivity contribution is 0.695. The predicted molar refractivity (Wildman–Crippen MR) is 122 cm³/mol. The average Bonchev–Trinajstić information content (AvgIpc) is 2.75. The molecule has 0 fully saturated rings. The van der Waals surface area contributed by atoms with E-state index in [-0.39, 0.29) is 0 Å². The van der Waals surface area contributed by atoms with Gasteiger partial charge in [0.05, 0.1) is 27.3 Å². The van der Waals surface area contributed by atoms with Gasteiger partial charge in [0, 0.05) is 15.8 Å². The summed E-state index contributed by atoms with van der Waals surface area (Å²) in [4.78, 5) is 9.34. The number of para-hydroxylation sites is 2. The van der Waals surface area contributed by atoms with E-state index in [1.54, 1.807) is 0 Å². The highest BCUT2D eigenvalue weighted by molar-refractivity contribution is 6.32. The summed E-state index contributed by atoms with van der Waals surface area (Å²) in [6, 6.07) is 22.6. The van der Waals surface area contributed by atoms with Gasteiger partial charge in [-0.2, -0.15) is 0 Å². The first-order valence-corrected chi connectivity index (χ1v) is 10.3. The molecule has 1 unspecified atom stereocenters. The van der Waals surface area contributed by atoms with E-state index < -0.39 is 4.87 Å². The SMILES string of the molecule is ClC1=CCC(Cl)(Cc2cc3ccccc3nc2-c2ccc3ccccc3n2)C=C1. The van der Waals surface area contributed by atoms with Crippen LogP contribution in [-0.2, 0) is 6.42 Å². The summed E-state index contributed by atoms with van der Waals surface area (Å²) in [6.07, 6.45) is 7.16. The predicted octanol–water partition coefficient (Wildman–Crippen LogP) is 7.05. The first kappa shape index (κ1) is 18.4. The third-order valence-corrected chi connectivity index (χ3v) is 6.00. The molecule has 2 aromatic heterocycles. The standard InChI is InChI=1S/C25H18Cl2N2/c26-20-11-13-25(27,14-12-20)16-19-15-18-6-2-4-8-22(18)29-24(19)23-10-9-17-5-1-3-7-21(17)28-23/h1-13,15H,14,16H2. The van der Waals surface area contributed by atoms with Crippen molar-refractivity contribution in [3.63, 3.8) is 0 Å². The van der Waals surface area contributed by atoms with Crippen LogP contribution in [0.2, 0.25) is 0 Å². The van der Waals surface area contributed by atoms with Crippen LogP contribution in [-0.4, -0.2) is 14.8 Å². The Bertz CT molecular complexity index is 1290. The minimum absolute atomic E-state index is 0.520. The largest absolute Gasteiger partial charge is 0.246 e. The number of hydrogen-bond acceptors (Lipinski definition) is 2. The average molecular weight is 417 g/mol. The molecule has 0 aliphatic heterocycles. The van der Waals surface area contributed by atoms with Crippen LogP contribution >= 0.6 is 23.2 Å². The van der Waals surface area contributed by atoms with Gasteiger partial charge in [-0.15, -0.1) is 11.6 Å². The van der Waals surface area contributed by atoms with E-state index in [1.807, 2.05) is 60.7 Å². The van der Waals surface area contributed by atoms with E-state index in [0.29, 0.717) is 12.8 Å². The Morgan fingerprint density at radius 2 is 1.59 bits per heavy atom. The Labute approximate surface area is 179 Å². The number of fused-ring (bicyclic) bond motifs is 2. The number of aromatic nitrogens is 2. The summed E-state index contributed by atoms with van der Waals surface area (Å²) in [5.41, 5.74) is 4.73. The minimum Gasteiger partial charge on any atom is -0.246 e. The van der Waals surface area contributed by atoms with Crippen LogP contribution < -0.4 is 0 Å². The summed E-state index contributed by atoms with van der Waals surface area (Å²) in [5, 5.41) is 2.94. The number of nitrogens with zero attached hydrogens (tertiary/aromatic N) is 2. The van der Waals surface area contributed by atoms with Crippen LogP contribution in [0, 0.1) is 0 Å². The summed E-state index contributed by atoms with van der Waals surface area (Å²) < 4.78 is 0. The number of rotatable bonds is 3. The zero-order chi connectivity index (χ0) is 19.8. The molecular weight excluding hydrogens is 399 g/mol. The normalized spacial score (nSPS) is 18.9. The molecule has 1 aliphatic rings. The molecule has 2 aromatic carbocycles. The number of allylic oxidation sites excluding steroid dienone is 4. The molecule has 0 spiro atoms. The van der Waals surface area contributed by atoms with Crippen molar-refractivity contribution in [3.05, 3.63) is 95.6 Å². The number of hydrogen-bond donors (Lipinski definition) is 0. The van der Waals surface area contributed by atoms with Crippen LogP contribution in [0.4, 0.5) is 0 Å². The Hall–Kier alpha value is -2.68. The van der Waals surface area contributed by atoms with Gasteiger partial charge < -0.3 is 0 Å². The van der Waals surface area contributed by atoms with Crippen molar-refractivity contribution in [1.82, 2.24) is 9.97 Å². The maximum absolute atomic E-state index is 6.94. The Morgan fingerprint density at radius 1 is 0.862 bits per heavy atom. The molecule has 0 saturated heterocycles. The summed E-state index contributed by atoms with van der Waals surface area (Å²) in [5.74, 6) is 0. The fraction of sp³-hybridized carbons (Fsp3) is 0.120. The molecule has 0 bridgehead atoms. The van der Waals surface area contributed by atoms with Gasteiger partial charge in [0.25, 0.3) is 0 Å². The van der Waals surface area contributed by atoms with Crippen molar-refractivity contribution < 1.29 is 0 Å². The van der Waals surface area contributed by atoms with Gasteiger partial charge in [0.15, 0.2) is 0 Å². The van der Waals surface area contributed by atoms with Gasteiger partial charge in [-0.05, 0) is 48.7 Å². The number of halogens is 2. The van der Waals surface area contributed by atoms with Crippen LogP contribution in [0.15, 0.2) is 90.0 Å². The molecule has 0 radical (unpaired) electrons. The number of benzene rings is 2. The van der Waals surface area contributed by atoms with E-state index in [9.17, 15) is 0 Å². The van der Waals surface area contributed by atoms with E-state index >= 15 is 0 Å². The molecular formula is C25H18Cl2N2. The first-order valence-electron chi connectivity index (χ1n) is 9.58. The van der Waals surface area contributed by atoms with Crippen LogP contribution in [0.25, 0.3) is 33.2 Å². The van der Waals surface area contributed by atoms with Crippen molar-refractivity contribution in [2.24, 2.45) is 0 Å². The molecule has 0 amide bonds. The second-order valence-electron chi connectivity index (χ2n) is 7.42. The zero-order valence-electron chi connectivity index (χ0n) is 15.6. The second kappa shape index (κ2) is 7.29. The monoisotopic (exact) mass is 416 g/mol. The third-order valence-electron chi connectivity index (χ3n) is 5.31. The smallest absolute Gasteiger partial charge is 0.0926 e. The van der Waals surface area contributed by atoms with E-state index in [1.165, 1.54) is 0 Å². The van der Waals surface area contributed by atoms with Crippen molar-refractivity contribution in [2.75, 3.05) is 0 Å². The molecule has 29 heavy (non-hydrogen) atoms. The minimum atomic E-state index is -0.520. The van der Waals surface area contributed by atoms with Crippen LogP contribution in [0.1, 0.15) is 12.0 Å². The van der Waals surface area contributed by atoms with E-state index in [0.717, 1.165) is 43.8 Å². The lowest BCUT2D eigenvalue weighted by Crippen LogP contribution is -2.23. The summed E-state index contributed by atoms with van der Waals surface area (Å²) in [6.45, 7) is 0. The van der Waals surface area contributed by atoms with Crippen molar-refractivity contribution >= 4 is 45.0 Å². The van der Waals surface area contributed by atoms with Gasteiger partial charge >= 0.3 is 0 Å². The second-order valence-corrected chi connectivity index (χ2v) is 8.61. The Kier molecular flexibility index (Phi) is 4.61. The zero-order valence-corrected chi connectivity index (χ0v) is 17.2. The maximum atomic E-state index is 6.94. The van der Waals surface area contributed by atoms with Crippen molar-refractivity contribution in [1.29, 1.82) is 0 Å². The number of pyridine rings is 2. The summed E-state index contributed by atoms with van der Waals surface area (Å²) >= 11 is 13.0.